The molecule has 2 amide bonds. The highest BCUT2D eigenvalue weighted by Crippen LogP contribution is 2.30. The van der Waals surface area contributed by atoms with E-state index in [4.69, 9.17) is 25.7 Å². The van der Waals surface area contributed by atoms with E-state index in [1.165, 1.54) is 0 Å². The molecule has 0 aliphatic carbocycles. The van der Waals surface area contributed by atoms with E-state index >= 15 is 0 Å². The number of methoxy groups -OCH3 is 1. The number of carbonyl (C=O) groups excluding carboxylic acids is 2. The molecule has 9 nitrogen and oxygen atoms in total. The van der Waals surface area contributed by atoms with Crippen molar-refractivity contribution in [1.29, 1.82) is 0 Å². The molecule has 2 rings (SSSR count). The zero-order valence-electron chi connectivity index (χ0n) is 28.5. The number of hydrogen-bond donors (Lipinski definition) is 5. The highest BCUT2D eigenvalue weighted by atomic mass is 35.5. The van der Waals surface area contributed by atoms with Crippen molar-refractivity contribution in [3.05, 3.63) is 82.9 Å². The molecule has 0 saturated carbocycles. The fraction of sp³-hybridized carbons (Fsp3) is 0.529. The first-order valence-corrected chi connectivity index (χ1v) is 16.6. The molecule has 1 aliphatic heterocycles. The average Bonchev–Trinajstić information content (AvgIpc) is 2.96. The summed E-state index contributed by atoms with van der Waals surface area (Å²) in [4.78, 5) is 21.6. The van der Waals surface area contributed by atoms with Gasteiger partial charge in [-0.3, -0.25) is 9.59 Å². The fourth-order valence-electron chi connectivity index (χ4n) is 3.98. The predicted octanol–water partition coefficient (Wildman–Crippen LogP) is 6.79. The maximum atomic E-state index is 13.1. The molecule has 1 aromatic rings. The van der Waals surface area contributed by atoms with Gasteiger partial charge in [-0.1, -0.05) is 56.8 Å². The largest absolute Gasteiger partial charge is 0.476 e. The minimum atomic E-state index is -0.0992. The van der Waals surface area contributed by atoms with E-state index in [1.807, 2.05) is 50.3 Å². The van der Waals surface area contributed by atoms with Gasteiger partial charge in [-0.15, -0.1) is 0 Å². The molecule has 0 spiro atoms. The molecule has 11 heteroatoms. The van der Waals surface area contributed by atoms with Gasteiger partial charge >= 0.3 is 0 Å². The standard InChI is InChI=1S/C30H44ClN3O2.C2H6O.CH3NO.CH4OS/c1-20(2)16-17-32-23(6)9-8-22(5)24(7)34-29(35)18-28(25-10-13-27(31)14-11-25)26-12-15-30(33-19-26)36-21(3)4;1-3-2;2-1-3;1-3-2/h10-15,20-21,23,28,32-33H,5,7-9,16-19H2,1-4,6H3,(H,34,35);1-2H3;1H,(H2,2,3);2H,1H3. The van der Waals surface area contributed by atoms with Crippen LogP contribution >= 0.6 is 23.6 Å². The van der Waals surface area contributed by atoms with Crippen LogP contribution in [0.3, 0.4) is 0 Å². The first kappa shape index (κ1) is 44.4. The van der Waals surface area contributed by atoms with Crippen LogP contribution in [0.25, 0.3) is 0 Å². The van der Waals surface area contributed by atoms with E-state index < -0.39 is 0 Å². The third-order valence-electron chi connectivity index (χ3n) is 6.20. The van der Waals surface area contributed by atoms with Gasteiger partial charge in [0, 0.05) is 56.1 Å². The number of hydrogen-bond acceptors (Lipinski definition) is 8. The highest BCUT2D eigenvalue weighted by Gasteiger charge is 2.23. The van der Waals surface area contributed by atoms with Crippen molar-refractivity contribution in [2.75, 3.05) is 33.6 Å². The zero-order valence-corrected chi connectivity index (χ0v) is 30.0. The number of primary amides is 1. The van der Waals surface area contributed by atoms with Crippen LogP contribution in [0.1, 0.15) is 71.8 Å². The number of ether oxygens (including phenoxy) is 2. The third-order valence-corrected chi connectivity index (χ3v) is 6.45. The Kier molecular flexibility index (Phi) is 27.2. The summed E-state index contributed by atoms with van der Waals surface area (Å²) in [7, 11) is 3.25. The van der Waals surface area contributed by atoms with Crippen molar-refractivity contribution in [3.8, 4) is 0 Å². The molecule has 1 heterocycles. The molecule has 2 unspecified atom stereocenters. The number of benzene rings is 1. The summed E-state index contributed by atoms with van der Waals surface area (Å²) in [5.74, 6) is 1.25. The second kappa shape index (κ2) is 27.5. The van der Waals surface area contributed by atoms with Gasteiger partial charge in [0.15, 0.2) is 5.88 Å². The lowest BCUT2D eigenvalue weighted by molar-refractivity contribution is -0.120. The molecule has 45 heavy (non-hydrogen) atoms. The summed E-state index contributed by atoms with van der Waals surface area (Å²) < 4.78 is 17.5. The van der Waals surface area contributed by atoms with Gasteiger partial charge < -0.3 is 35.7 Å². The van der Waals surface area contributed by atoms with Gasteiger partial charge in [0.25, 0.3) is 0 Å². The van der Waals surface area contributed by atoms with Crippen LogP contribution in [-0.4, -0.2) is 62.6 Å². The Bertz CT molecular complexity index is 1040. The number of dihydropyridines is 1. The first-order chi connectivity index (χ1) is 21.3. The molecule has 256 valence electrons. The van der Waals surface area contributed by atoms with Crippen LogP contribution < -0.4 is 21.7 Å². The minimum absolute atomic E-state index is 0.0849. The van der Waals surface area contributed by atoms with Crippen LogP contribution in [0.2, 0.25) is 5.02 Å². The lowest BCUT2D eigenvalue weighted by Gasteiger charge is -2.26. The van der Waals surface area contributed by atoms with E-state index in [0.717, 1.165) is 60.4 Å². The van der Waals surface area contributed by atoms with Crippen LogP contribution in [0, 0.1) is 5.92 Å². The maximum Gasteiger partial charge on any atom is 0.225 e. The molecule has 1 aromatic carbocycles. The normalized spacial score (nSPS) is 13.1. The van der Waals surface area contributed by atoms with E-state index in [0.29, 0.717) is 35.6 Å². The van der Waals surface area contributed by atoms with E-state index in [9.17, 15) is 4.79 Å². The van der Waals surface area contributed by atoms with Crippen molar-refractivity contribution in [1.82, 2.24) is 16.0 Å². The molecular weight excluding hydrogens is 612 g/mol. The van der Waals surface area contributed by atoms with Crippen molar-refractivity contribution in [2.24, 2.45) is 11.7 Å². The van der Waals surface area contributed by atoms with Crippen molar-refractivity contribution in [2.45, 2.75) is 78.4 Å². The first-order valence-electron chi connectivity index (χ1n) is 15.0. The molecular formula is C34H57ClN4O5S. The number of allylic oxidation sites excluding steroid dienone is 3. The van der Waals surface area contributed by atoms with Gasteiger partial charge in [-0.25, -0.2) is 0 Å². The number of nitrogens with two attached hydrogens (primary N) is 1. The molecule has 0 bridgehead atoms. The molecule has 0 radical (unpaired) electrons. The zero-order chi connectivity index (χ0) is 34.8. The average molecular weight is 669 g/mol. The number of amides is 2. The SMILES string of the molecule is C=C(CCC(C)NCCC(C)C)C(=C)NC(=O)CC(C1=CC=C(OC(C)C)NC1)c1ccc(Cl)cc1.COC.CSO.NC=O. The lowest BCUT2D eigenvalue weighted by atomic mass is 9.86. The van der Waals surface area contributed by atoms with Crippen LogP contribution in [0.5, 0.6) is 0 Å². The number of halogens is 1. The number of rotatable bonds is 15. The Morgan fingerprint density at radius 2 is 1.69 bits per heavy atom. The second-order valence-corrected chi connectivity index (χ2v) is 11.8. The summed E-state index contributed by atoms with van der Waals surface area (Å²) in [6.07, 6.45) is 9.10. The lowest BCUT2D eigenvalue weighted by Crippen LogP contribution is -2.30. The van der Waals surface area contributed by atoms with Crippen LogP contribution in [0.15, 0.2) is 72.3 Å². The van der Waals surface area contributed by atoms with Gasteiger partial charge in [0.1, 0.15) is 0 Å². The fourth-order valence-corrected chi connectivity index (χ4v) is 4.10. The van der Waals surface area contributed by atoms with Gasteiger partial charge in [0.05, 0.1) is 6.10 Å². The van der Waals surface area contributed by atoms with Crippen molar-refractivity contribution in [3.63, 3.8) is 0 Å². The van der Waals surface area contributed by atoms with Crippen LogP contribution in [-0.2, 0) is 19.1 Å². The van der Waals surface area contributed by atoms with Crippen LogP contribution in [0.4, 0.5) is 0 Å². The molecule has 1 aliphatic rings. The Morgan fingerprint density at radius 3 is 2.16 bits per heavy atom. The number of carbonyl (C=O) groups is 2. The molecule has 0 aromatic heterocycles. The summed E-state index contributed by atoms with van der Waals surface area (Å²) >= 11 is 6.86. The summed E-state index contributed by atoms with van der Waals surface area (Å²) in [6.45, 7) is 20.5. The molecule has 0 fully saturated rings. The van der Waals surface area contributed by atoms with E-state index in [1.54, 1.807) is 20.5 Å². The summed E-state index contributed by atoms with van der Waals surface area (Å²) in [5, 5.41) is 10.5. The monoisotopic (exact) mass is 668 g/mol. The minimum Gasteiger partial charge on any atom is -0.476 e. The highest BCUT2D eigenvalue weighted by molar-refractivity contribution is 7.93. The van der Waals surface area contributed by atoms with Gasteiger partial charge in [-0.2, -0.15) is 0 Å². The molecule has 0 saturated heterocycles. The Hall–Kier alpha value is -2.76. The molecule has 6 N–H and O–H groups in total. The van der Waals surface area contributed by atoms with Crippen molar-refractivity contribution >= 4 is 36.0 Å². The Balaban J connectivity index is 0. The Morgan fingerprint density at radius 1 is 1.13 bits per heavy atom. The maximum absolute atomic E-state index is 13.1. The smallest absolute Gasteiger partial charge is 0.225 e. The van der Waals surface area contributed by atoms with Crippen molar-refractivity contribution < 1.29 is 23.6 Å². The summed E-state index contributed by atoms with van der Waals surface area (Å²) in [5.41, 5.74) is 7.76. The second-order valence-electron chi connectivity index (χ2n) is 11.0. The topological polar surface area (TPSA) is 135 Å². The third kappa shape index (κ3) is 23.3. The van der Waals surface area contributed by atoms with Gasteiger partial charge in [0.2, 0.25) is 12.3 Å². The van der Waals surface area contributed by atoms with E-state index in [2.05, 4.69) is 60.3 Å². The number of nitrogens with one attached hydrogen (secondary N) is 3. The Labute approximate surface area is 281 Å². The predicted molar refractivity (Wildman–Crippen MR) is 191 cm³/mol. The summed E-state index contributed by atoms with van der Waals surface area (Å²) in [6, 6.07) is 8.07. The van der Waals surface area contributed by atoms with Gasteiger partial charge in [-0.05, 0) is 99.5 Å². The van der Waals surface area contributed by atoms with E-state index in [-0.39, 0.29) is 24.3 Å². The quantitative estimate of drug-likeness (QED) is 0.0784. The molecule has 2 atom stereocenters.